The Labute approximate surface area is 149 Å². The van der Waals surface area contributed by atoms with Crippen molar-refractivity contribution in [3.8, 4) is 11.3 Å². The molecule has 0 bridgehead atoms. The number of anilines is 1. The van der Waals surface area contributed by atoms with Crippen LogP contribution in [0.2, 0.25) is 0 Å². The minimum absolute atomic E-state index is 0.0971. The number of aromatic nitrogens is 2. The normalized spacial score (nSPS) is 10.8. The van der Waals surface area contributed by atoms with Gasteiger partial charge >= 0.3 is 4.87 Å². The van der Waals surface area contributed by atoms with Gasteiger partial charge in [-0.1, -0.05) is 11.3 Å². The van der Waals surface area contributed by atoms with Gasteiger partial charge in [-0.15, -0.1) is 11.3 Å². The van der Waals surface area contributed by atoms with E-state index in [1.165, 1.54) is 17.4 Å². The molecule has 0 spiro atoms. The van der Waals surface area contributed by atoms with Crippen molar-refractivity contribution in [2.24, 2.45) is 0 Å². The van der Waals surface area contributed by atoms with Gasteiger partial charge in [0, 0.05) is 35.0 Å². The molecule has 0 atom stereocenters. The Hall–Kier alpha value is -2.39. The number of rotatable bonds is 5. The molecule has 0 aliphatic carbocycles. The Kier molecular flexibility index (Phi) is 5.05. The van der Waals surface area contributed by atoms with E-state index in [1.54, 1.807) is 15.3 Å². The Bertz CT molecular complexity index is 978. The average molecular weight is 381 g/mol. The standard InChI is InChI=1S/C16H13F2N3O2S2/c1-9-7-25-16(23)21(9)5-4-14(22)20-15-19-13(8-24-15)10-2-3-11(17)12(18)6-10/h2-3,6-8H,4-5H2,1H3,(H,19,20,22). The van der Waals surface area contributed by atoms with Gasteiger partial charge < -0.3 is 9.88 Å². The number of benzene rings is 1. The summed E-state index contributed by atoms with van der Waals surface area (Å²) in [5, 5.41) is 6.40. The summed E-state index contributed by atoms with van der Waals surface area (Å²) in [6.07, 6.45) is 0.136. The Balaban J connectivity index is 1.63. The molecule has 0 fully saturated rings. The van der Waals surface area contributed by atoms with E-state index in [2.05, 4.69) is 10.3 Å². The fraction of sp³-hybridized carbons (Fsp3) is 0.188. The number of carbonyl (C=O) groups is 1. The van der Waals surface area contributed by atoms with Gasteiger partial charge in [0.2, 0.25) is 5.91 Å². The lowest BCUT2D eigenvalue weighted by Crippen LogP contribution is -2.20. The summed E-state index contributed by atoms with van der Waals surface area (Å²) < 4.78 is 27.8. The van der Waals surface area contributed by atoms with Gasteiger partial charge in [-0.25, -0.2) is 13.8 Å². The second-order valence-electron chi connectivity index (χ2n) is 5.26. The van der Waals surface area contributed by atoms with Gasteiger partial charge in [-0.2, -0.15) is 0 Å². The molecule has 9 heteroatoms. The molecule has 0 unspecified atom stereocenters. The molecule has 2 aromatic heterocycles. The molecule has 5 nitrogen and oxygen atoms in total. The number of carbonyl (C=O) groups excluding carboxylic acids is 1. The van der Waals surface area contributed by atoms with Crippen molar-refractivity contribution < 1.29 is 13.6 Å². The number of hydrogen-bond donors (Lipinski definition) is 1. The summed E-state index contributed by atoms with van der Waals surface area (Å²) in [5.41, 5.74) is 1.69. The van der Waals surface area contributed by atoms with Crippen molar-refractivity contribution in [1.82, 2.24) is 9.55 Å². The number of amides is 1. The lowest BCUT2D eigenvalue weighted by Gasteiger charge is -2.04. The van der Waals surface area contributed by atoms with Gasteiger partial charge in [0.25, 0.3) is 0 Å². The van der Waals surface area contributed by atoms with Crippen LogP contribution in [-0.2, 0) is 11.3 Å². The van der Waals surface area contributed by atoms with Crippen molar-refractivity contribution in [3.63, 3.8) is 0 Å². The van der Waals surface area contributed by atoms with Crippen molar-refractivity contribution >= 4 is 33.7 Å². The van der Waals surface area contributed by atoms with Crippen LogP contribution in [-0.4, -0.2) is 15.5 Å². The van der Waals surface area contributed by atoms with Gasteiger partial charge in [0.1, 0.15) is 0 Å². The van der Waals surface area contributed by atoms with Crippen LogP contribution in [0.15, 0.2) is 33.8 Å². The predicted octanol–water partition coefficient (Wildman–Crippen LogP) is 3.65. The SMILES string of the molecule is Cc1csc(=O)n1CCC(=O)Nc1nc(-c2ccc(F)c(F)c2)cs1. The van der Waals surface area contributed by atoms with Crippen molar-refractivity contribution in [1.29, 1.82) is 0 Å². The summed E-state index contributed by atoms with van der Waals surface area (Å²) in [6.45, 7) is 2.10. The molecule has 2 heterocycles. The van der Waals surface area contributed by atoms with Crippen LogP contribution in [0.25, 0.3) is 11.3 Å². The molecule has 1 N–H and O–H groups in total. The van der Waals surface area contributed by atoms with E-state index in [0.29, 0.717) is 22.9 Å². The van der Waals surface area contributed by atoms with E-state index in [0.717, 1.165) is 29.2 Å². The highest BCUT2D eigenvalue weighted by Crippen LogP contribution is 2.26. The predicted molar refractivity (Wildman–Crippen MR) is 94.0 cm³/mol. The maximum atomic E-state index is 13.3. The van der Waals surface area contributed by atoms with E-state index in [9.17, 15) is 18.4 Å². The molecule has 0 aliphatic heterocycles. The largest absolute Gasteiger partial charge is 0.307 e. The summed E-state index contributed by atoms with van der Waals surface area (Å²) in [4.78, 5) is 27.7. The number of nitrogens with zero attached hydrogens (tertiary/aromatic N) is 2. The Morgan fingerprint density at radius 1 is 1.24 bits per heavy atom. The highest BCUT2D eigenvalue weighted by molar-refractivity contribution is 7.14. The van der Waals surface area contributed by atoms with Gasteiger partial charge in [-0.3, -0.25) is 9.59 Å². The number of thiazole rings is 2. The first kappa shape index (κ1) is 17.4. The van der Waals surface area contributed by atoms with Crippen molar-refractivity contribution in [2.75, 3.05) is 5.32 Å². The van der Waals surface area contributed by atoms with Crippen LogP contribution >= 0.6 is 22.7 Å². The van der Waals surface area contributed by atoms with E-state index in [1.807, 2.05) is 6.92 Å². The third-order valence-electron chi connectivity index (χ3n) is 3.50. The molecular weight excluding hydrogens is 368 g/mol. The zero-order valence-electron chi connectivity index (χ0n) is 13.1. The molecule has 0 radical (unpaired) electrons. The second kappa shape index (κ2) is 7.24. The fourth-order valence-electron chi connectivity index (χ4n) is 2.19. The van der Waals surface area contributed by atoms with E-state index in [-0.39, 0.29) is 17.2 Å². The van der Waals surface area contributed by atoms with Crippen LogP contribution in [0, 0.1) is 18.6 Å². The molecule has 1 aromatic carbocycles. The highest BCUT2D eigenvalue weighted by atomic mass is 32.1. The number of nitrogens with one attached hydrogen (secondary N) is 1. The third kappa shape index (κ3) is 3.99. The Morgan fingerprint density at radius 2 is 2.04 bits per heavy atom. The van der Waals surface area contributed by atoms with Gasteiger partial charge in [0.15, 0.2) is 16.8 Å². The zero-order valence-corrected chi connectivity index (χ0v) is 14.7. The van der Waals surface area contributed by atoms with Crippen LogP contribution in [0.3, 0.4) is 0 Å². The fourth-order valence-corrected chi connectivity index (χ4v) is 3.69. The molecule has 3 aromatic rings. The number of hydrogen-bond acceptors (Lipinski definition) is 5. The summed E-state index contributed by atoms with van der Waals surface area (Å²) in [6, 6.07) is 3.51. The minimum Gasteiger partial charge on any atom is -0.303 e. The second-order valence-corrected chi connectivity index (χ2v) is 6.94. The molecule has 25 heavy (non-hydrogen) atoms. The van der Waals surface area contributed by atoms with Crippen LogP contribution in [0.4, 0.5) is 13.9 Å². The number of aryl methyl sites for hydroxylation is 1. The Morgan fingerprint density at radius 3 is 2.72 bits per heavy atom. The number of halogens is 2. The monoisotopic (exact) mass is 381 g/mol. The lowest BCUT2D eigenvalue weighted by molar-refractivity contribution is -0.116. The maximum Gasteiger partial charge on any atom is 0.307 e. The lowest BCUT2D eigenvalue weighted by atomic mass is 10.2. The molecule has 0 saturated carbocycles. The third-order valence-corrected chi connectivity index (χ3v) is 5.14. The van der Waals surface area contributed by atoms with Crippen LogP contribution in [0.5, 0.6) is 0 Å². The van der Waals surface area contributed by atoms with Crippen LogP contribution < -0.4 is 10.2 Å². The van der Waals surface area contributed by atoms with E-state index >= 15 is 0 Å². The first-order valence-electron chi connectivity index (χ1n) is 7.30. The minimum atomic E-state index is -0.951. The first-order chi connectivity index (χ1) is 11.9. The summed E-state index contributed by atoms with van der Waals surface area (Å²) >= 11 is 2.28. The van der Waals surface area contributed by atoms with Crippen LogP contribution in [0.1, 0.15) is 12.1 Å². The summed E-state index contributed by atoms with van der Waals surface area (Å²) in [5.74, 6) is -2.15. The molecule has 0 aliphatic rings. The van der Waals surface area contributed by atoms with E-state index < -0.39 is 11.6 Å². The molecule has 1 amide bonds. The molecule has 130 valence electrons. The van der Waals surface area contributed by atoms with E-state index in [4.69, 9.17) is 0 Å². The molecular formula is C16H13F2N3O2S2. The zero-order chi connectivity index (χ0) is 18.0. The van der Waals surface area contributed by atoms with Crippen molar-refractivity contribution in [2.45, 2.75) is 19.9 Å². The molecule has 0 saturated heterocycles. The van der Waals surface area contributed by atoms with Crippen molar-refractivity contribution in [3.05, 3.63) is 56.0 Å². The first-order valence-corrected chi connectivity index (χ1v) is 9.05. The quantitative estimate of drug-likeness (QED) is 0.734. The highest BCUT2D eigenvalue weighted by Gasteiger charge is 2.11. The summed E-state index contributed by atoms with van der Waals surface area (Å²) in [7, 11) is 0. The molecule has 3 rings (SSSR count). The maximum absolute atomic E-state index is 13.3. The van der Waals surface area contributed by atoms with Gasteiger partial charge in [-0.05, 0) is 25.1 Å². The topological polar surface area (TPSA) is 64.0 Å². The van der Waals surface area contributed by atoms with Gasteiger partial charge in [0.05, 0.1) is 5.69 Å². The average Bonchev–Trinajstić information content (AvgIpc) is 3.15. The smallest absolute Gasteiger partial charge is 0.303 e.